The van der Waals surface area contributed by atoms with Gasteiger partial charge in [0.25, 0.3) is 0 Å². The van der Waals surface area contributed by atoms with Crippen LogP contribution in [0.15, 0.2) is 36.4 Å². The van der Waals surface area contributed by atoms with Gasteiger partial charge in [-0.3, -0.25) is 0 Å². The Morgan fingerprint density at radius 3 is 2.57 bits per heavy atom. The average molecular weight is 289 g/mol. The Hall–Kier alpha value is -2.07. The third kappa shape index (κ3) is 3.95. The van der Waals surface area contributed by atoms with Crippen LogP contribution in [0.2, 0.25) is 0 Å². The van der Waals surface area contributed by atoms with Crippen LogP contribution in [0.25, 0.3) is 0 Å². The summed E-state index contributed by atoms with van der Waals surface area (Å²) in [5.41, 5.74) is 2.78. The Labute approximate surface area is 124 Å². The molecule has 2 rings (SSSR count). The molecule has 1 unspecified atom stereocenters. The Morgan fingerprint density at radius 1 is 1.14 bits per heavy atom. The highest BCUT2D eigenvalue weighted by Crippen LogP contribution is 2.27. The molecule has 0 aliphatic heterocycles. The summed E-state index contributed by atoms with van der Waals surface area (Å²) in [5, 5.41) is 22.4. The Bertz CT molecular complexity index is 628. The molecule has 0 heterocycles. The molecule has 2 aromatic rings. The molecule has 0 saturated carbocycles. The lowest BCUT2D eigenvalue weighted by atomic mass is 10.0. The van der Waals surface area contributed by atoms with Gasteiger partial charge in [0.05, 0.1) is 0 Å². The van der Waals surface area contributed by atoms with Gasteiger partial charge in [0.1, 0.15) is 17.3 Å². The summed E-state index contributed by atoms with van der Waals surface area (Å²) in [6.07, 6.45) is 0.787. The minimum atomic E-state index is -0.216. The normalized spacial score (nSPS) is 12.3. The first-order chi connectivity index (χ1) is 9.97. The van der Waals surface area contributed by atoms with E-state index in [0.29, 0.717) is 6.54 Å². The van der Waals surface area contributed by atoms with Crippen molar-refractivity contribution in [2.75, 3.05) is 6.54 Å². The molecule has 2 aromatic carbocycles. The van der Waals surface area contributed by atoms with Crippen LogP contribution >= 0.6 is 0 Å². The van der Waals surface area contributed by atoms with Gasteiger partial charge in [-0.1, -0.05) is 12.1 Å². The summed E-state index contributed by atoms with van der Waals surface area (Å²) >= 11 is 0. The zero-order valence-electron chi connectivity index (χ0n) is 12.2. The van der Waals surface area contributed by atoms with E-state index in [1.54, 1.807) is 18.2 Å². The monoisotopic (exact) mass is 289 g/mol. The van der Waals surface area contributed by atoms with Crippen LogP contribution in [-0.2, 0) is 6.42 Å². The van der Waals surface area contributed by atoms with Crippen molar-refractivity contribution in [3.63, 3.8) is 0 Å². The van der Waals surface area contributed by atoms with Crippen LogP contribution in [0, 0.1) is 12.7 Å². The van der Waals surface area contributed by atoms with Gasteiger partial charge in [-0.25, -0.2) is 4.39 Å². The first kappa shape index (κ1) is 15.3. The quantitative estimate of drug-likeness (QED) is 0.790. The van der Waals surface area contributed by atoms with Crippen molar-refractivity contribution in [1.29, 1.82) is 0 Å². The van der Waals surface area contributed by atoms with E-state index in [1.807, 2.05) is 13.8 Å². The van der Waals surface area contributed by atoms with E-state index >= 15 is 0 Å². The smallest absolute Gasteiger partial charge is 0.124 e. The Morgan fingerprint density at radius 2 is 1.90 bits per heavy atom. The van der Waals surface area contributed by atoms with Crippen LogP contribution in [0.4, 0.5) is 4.39 Å². The van der Waals surface area contributed by atoms with Crippen LogP contribution in [-0.4, -0.2) is 16.8 Å². The van der Waals surface area contributed by atoms with Crippen molar-refractivity contribution in [1.82, 2.24) is 5.32 Å². The molecular weight excluding hydrogens is 269 g/mol. The van der Waals surface area contributed by atoms with Gasteiger partial charge >= 0.3 is 0 Å². The number of phenols is 2. The number of rotatable bonds is 5. The second-order valence-electron chi connectivity index (χ2n) is 5.24. The van der Waals surface area contributed by atoms with Crippen molar-refractivity contribution in [3.8, 4) is 11.5 Å². The highest BCUT2D eigenvalue weighted by molar-refractivity contribution is 5.40. The number of hydrogen-bond acceptors (Lipinski definition) is 3. The second-order valence-corrected chi connectivity index (χ2v) is 5.24. The van der Waals surface area contributed by atoms with E-state index < -0.39 is 0 Å². The van der Waals surface area contributed by atoms with Gasteiger partial charge in [-0.05, 0) is 56.1 Å². The molecule has 0 spiro atoms. The van der Waals surface area contributed by atoms with Crippen molar-refractivity contribution >= 4 is 0 Å². The van der Waals surface area contributed by atoms with Gasteiger partial charge in [0.15, 0.2) is 0 Å². The van der Waals surface area contributed by atoms with Gasteiger partial charge in [0.2, 0.25) is 0 Å². The fourth-order valence-electron chi connectivity index (χ4n) is 2.37. The number of phenolic OH excluding ortho intramolecular Hbond substituents is 2. The third-order valence-corrected chi connectivity index (χ3v) is 3.63. The van der Waals surface area contributed by atoms with Crippen LogP contribution in [0.1, 0.15) is 29.7 Å². The van der Waals surface area contributed by atoms with Gasteiger partial charge in [-0.2, -0.15) is 0 Å². The summed E-state index contributed by atoms with van der Waals surface area (Å²) in [5.74, 6) is -0.0926. The highest BCUT2D eigenvalue weighted by Gasteiger charge is 2.10. The summed E-state index contributed by atoms with van der Waals surface area (Å²) in [6, 6.07) is 9.35. The number of aromatic hydroxyl groups is 2. The molecule has 0 aliphatic rings. The number of halogens is 1. The fraction of sp³-hybridized carbons (Fsp3) is 0.294. The predicted octanol–water partition coefficient (Wildman–Crippen LogP) is 3.44. The molecule has 21 heavy (non-hydrogen) atoms. The minimum absolute atomic E-state index is 0.0358. The van der Waals surface area contributed by atoms with Crippen molar-refractivity contribution in [2.45, 2.75) is 26.3 Å². The molecule has 112 valence electrons. The molecule has 3 nitrogen and oxygen atoms in total. The SMILES string of the molecule is Cc1cc(F)ccc1CCNC(C)c1ccc(O)cc1O. The zero-order chi connectivity index (χ0) is 15.4. The number of benzene rings is 2. The lowest BCUT2D eigenvalue weighted by Crippen LogP contribution is -2.21. The molecule has 0 amide bonds. The zero-order valence-corrected chi connectivity index (χ0v) is 12.2. The fourth-order valence-corrected chi connectivity index (χ4v) is 2.37. The maximum Gasteiger partial charge on any atom is 0.124 e. The van der Waals surface area contributed by atoms with Gasteiger partial charge in [0, 0.05) is 17.7 Å². The molecule has 0 radical (unpaired) electrons. The molecule has 4 heteroatoms. The van der Waals surface area contributed by atoms with Crippen molar-refractivity contribution in [3.05, 3.63) is 58.9 Å². The summed E-state index contributed by atoms with van der Waals surface area (Å²) < 4.78 is 13.0. The van der Waals surface area contributed by atoms with E-state index in [9.17, 15) is 14.6 Å². The van der Waals surface area contributed by atoms with Gasteiger partial charge < -0.3 is 15.5 Å². The first-order valence-electron chi connectivity index (χ1n) is 6.97. The predicted molar refractivity (Wildman–Crippen MR) is 81.0 cm³/mol. The molecular formula is C17H20FNO2. The summed E-state index contributed by atoms with van der Waals surface area (Å²) in [4.78, 5) is 0. The maximum absolute atomic E-state index is 13.0. The second kappa shape index (κ2) is 6.59. The molecule has 0 saturated heterocycles. The standard InChI is InChI=1S/C17H20FNO2/c1-11-9-14(18)4-3-13(11)7-8-19-12(2)16-6-5-15(20)10-17(16)21/h3-6,9-10,12,19-21H,7-8H2,1-2H3. The Kier molecular flexibility index (Phi) is 4.81. The molecule has 0 aromatic heterocycles. The lowest BCUT2D eigenvalue weighted by Gasteiger charge is -2.16. The topological polar surface area (TPSA) is 52.5 Å². The van der Waals surface area contributed by atoms with E-state index in [0.717, 1.165) is 23.1 Å². The Balaban J connectivity index is 1.93. The third-order valence-electron chi connectivity index (χ3n) is 3.63. The van der Waals surface area contributed by atoms with E-state index in [4.69, 9.17) is 0 Å². The van der Waals surface area contributed by atoms with Crippen LogP contribution in [0.3, 0.4) is 0 Å². The molecule has 0 fully saturated rings. The molecule has 1 atom stereocenters. The van der Waals surface area contributed by atoms with E-state index in [1.165, 1.54) is 18.2 Å². The van der Waals surface area contributed by atoms with E-state index in [-0.39, 0.29) is 23.4 Å². The first-order valence-corrected chi connectivity index (χ1v) is 6.97. The molecule has 3 N–H and O–H groups in total. The lowest BCUT2D eigenvalue weighted by molar-refractivity contribution is 0.436. The van der Waals surface area contributed by atoms with Crippen molar-refractivity contribution in [2.24, 2.45) is 0 Å². The summed E-state index contributed by atoms with van der Waals surface area (Å²) in [7, 11) is 0. The number of nitrogens with one attached hydrogen (secondary N) is 1. The van der Waals surface area contributed by atoms with Gasteiger partial charge in [-0.15, -0.1) is 0 Å². The maximum atomic E-state index is 13.0. The minimum Gasteiger partial charge on any atom is -0.508 e. The average Bonchev–Trinajstić information content (AvgIpc) is 2.41. The number of hydrogen-bond donors (Lipinski definition) is 3. The summed E-state index contributed by atoms with van der Waals surface area (Å²) in [6.45, 7) is 4.56. The number of aryl methyl sites for hydroxylation is 1. The highest BCUT2D eigenvalue weighted by atomic mass is 19.1. The largest absolute Gasteiger partial charge is 0.508 e. The van der Waals surface area contributed by atoms with Crippen LogP contribution in [0.5, 0.6) is 11.5 Å². The molecule has 0 aliphatic carbocycles. The van der Waals surface area contributed by atoms with Crippen molar-refractivity contribution < 1.29 is 14.6 Å². The molecule has 0 bridgehead atoms. The van der Waals surface area contributed by atoms with Crippen LogP contribution < -0.4 is 5.32 Å². The van der Waals surface area contributed by atoms with E-state index in [2.05, 4.69) is 5.32 Å².